The number of aliphatic carboxylic acids is 1. The first-order valence-electron chi connectivity index (χ1n) is 6.72. The molecule has 0 saturated heterocycles. The molecule has 0 aliphatic heterocycles. The molecule has 3 rings (SSSR count). The van der Waals surface area contributed by atoms with Crippen LogP contribution in [0.3, 0.4) is 0 Å². The first-order valence-corrected chi connectivity index (χ1v) is 7.51. The maximum Gasteiger partial charge on any atom is 0.314 e. The Bertz CT molecular complexity index is 547. The van der Waals surface area contributed by atoms with Crippen molar-refractivity contribution < 1.29 is 14.6 Å². The van der Waals surface area contributed by atoms with E-state index in [9.17, 15) is 9.90 Å². The summed E-state index contributed by atoms with van der Waals surface area (Å²) >= 11 is 3.54. The van der Waals surface area contributed by atoms with E-state index in [1.807, 2.05) is 0 Å². The molecule has 3 nitrogen and oxygen atoms in total. The smallest absolute Gasteiger partial charge is 0.314 e. The normalized spacial score (nSPS) is 19.7. The molecule has 0 bridgehead atoms. The SMILES string of the molecule is COc1c(Br)cc2c(c1C1(C(=O)O)CC1)CCCC2. The number of ether oxygens (including phenoxy) is 1. The minimum Gasteiger partial charge on any atom is -0.495 e. The Morgan fingerprint density at radius 3 is 2.63 bits per heavy atom. The molecule has 4 heteroatoms. The van der Waals surface area contributed by atoms with Crippen molar-refractivity contribution in [1.82, 2.24) is 0 Å². The van der Waals surface area contributed by atoms with E-state index in [2.05, 4.69) is 22.0 Å². The van der Waals surface area contributed by atoms with E-state index in [-0.39, 0.29) is 0 Å². The lowest BCUT2D eigenvalue weighted by molar-refractivity contribution is -0.140. The highest BCUT2D eigenvalue weighted by Crippen LogP contribution is 2.55. The van der Waals surface area contributed by atoms with Gasteiger partial charge < -0.3 is 9.84 Å². The number of benzene rings is 1. The number of carboxylic acids is 1. The van der Waals surface area contributed by atoms with Crippen LogP contribution in [-0.2, 0) is 23.1 Å². The molecule has 0 radical (unpaired) electrons. The molecule has 0 aromatic heterocycles. The van der Waals surface area contributed by atoms with Crippen LogP contribution in [0, 0.1) is 0 Å². The first kappa shape index (κ1) is 13.0. The average Bonchev–Trinajstić information content (AvgIpc) is 3.18. The maximum atomic E-state index is 11.7. The summed E-state index contributed by atoms with van der Waals surface area (Å²) in [5, 5.41) is 9.60. The van der Waals surface area contributed by atoms with Gasteiger partial charge in [-0.3, -0.25) is 4.79 Å². The van der Waals surface area contributed by atoms with Crippen molar-refractivity contribution in [2.45, 2.75) is 43.9 Å². The molecule has 1 aromatic rings. The van der Waals surface area contributed by atoms with Gasteiger partial charge in [-0.15, -0.1) is 0 Å². The van der Waals surface area contributed by atoms with Crippen molar-refractivity contribution in [2.24, 2.45) is 0 Å². The highest BCUT2D eigenvalue weighted by molar-refractivity contribution is 9.10. The summed E-state index contributed by atoms with van der Waals surface area (Å²) in [6.45, 7) is 0. The summed E-state index contributed by atoms with van der Waals surface area (Å²) in [6.07, 6.45) is 5.79. The van der Waals surface area contributed by atoms with Gasteiger partial charge in [-0.25, -0.2) is 0 Å². The van der Waals surface area contributed by atoms with E-state index in [0.29, 0.717) is 0 Å². The van der Waals surface area contributed by atoms with E-state index in [0.717, 1.165) is 47.9 Å². The third-order valence-electron chi connectivity index (χ3n) is 4.40. The summed E-state index contributed by atoms with van der Waals surface area (Å²) in [5.74, 6) is 0.0113. The minimum atomic E-state index is -0.711. The molecular weight excluding hydrogens is 308 g/mol. The Balaban J connectivity index is 2.26. The van der Waals surface area contributed by atoms with Gasteiger partial charge in [0.25, 0.3) is 0 Å². The van der Waals surface area contributed by atoms with Gasteiger partial charge in [0.15, 0.2) is 0 Å². The molecular formula is C15H17BrO3. The maximum absolute atomic E-state index is 11.7. The van der Waals surface area contributed by atoms with Crippen molar-refractivity contribution in [3.63, 3.8) is 0 Å². The van der Waals surface area contributed by atoms with Gasteiger partial charge >= 0.3 is 5.97 Å². The summed E-state index contributed by atoms with van der Waals surface area (Å²) in [4.78, 5) is 11.7. The molecule has 0 heterocycles. The van der Waals surface area contributed by atoms with E-state index in [4.69, 9.17) is 4.74 Å². The lowest BCUT2D eigenvalue weighted by Crippen LogP contribution is -2.24. The molecule has 2 aliphatic carbocycles. The van der Waals surface area contributed by atoms with Gasteiger partial charge in [-0.2, -0.15) is 0 Å². The van der Waals surface area contributed by atoms with Crippen LogP contribution in [0.15, 0.2) is 10.5 Å². The molecule has 1 aromatic carbocycles. The average molecular weight is 325 g/mol. The topological polar surface area (TPSA) is 46.5 Å². The molecule has 0 atom stereocenters. The summed E-state index contributed by atoms with van der Waals surface area (Å²) in [6, 6.07) is 2.11. The van der Waals surface area contributed by atoms with Gasteiger partial charge in [0.2, 0.25) is 0 Å². The highest BCUT2D eigenvalue weighted by Gasteiger charge is 2.55. The number of fused-ring (bicyclic) bond motifs is 1. The molecule has 0 unspecified atom stereocenters. The number of hydrogen-bond donors (Lipinski definition) is 1. The lowest BCUT2D eigenvalue weighted by atomic mass is 9.81. The largest absolute Gasteiger partial charge is 0.495 e. The zero-order valence-corrected chi connectivity index (χ0v) is 12.5. The van der Waals surface area contributed by atoms with Crippen molar-refractivity contribution in [1.29, 1.82) is 0 Å². The standard InChI is InChI=1S/C15H17BrO3/c1-19-13-11(16)8-9-4-2-3-5-10(9)12(13)15(6-7-15)14(17)18/h8H,2-7H2,1H3,(H,17,18). The quantitative estimate of drug-likeness (QED) is 0.926. The predicted octanol–water partition coefficient (Wildman–Crippen LogP) is 3.45. The molecule has 1 N–H and O–H groups in total. The zero-order chi connectivity index (χ0) is 13.6. The van der Waals surface area contributed by atoms with Gasteiger partial charge in [0, 0.05) is 5.56 Å². The second kappa shape index (κ2) is 4.51. The Hall–Kier alpha value is -1.03. The molecule has 2 aliphatic rings. The van der Waals surface area contributed by atoms with Crippen LogP contribution in [0.4, 0.5) is 0 Å². The monoisotopic (exact) mass is 324 g/mol. The van der Waals surface area contributed by atoms with Crippen LogP contribution in [0.1, 0.15) is 42.4 Å². The van der Waals surface area contributed by atoms with Crippen LogP contribution < -0.4 is 4.74 Å². The Morgan fingerprint density at radius 2 is 2.05 bits per heavy atom. The number of methoxy groups -OCH3 is 1. The third-order valence-corrected chi connectivity index (χ3v) is 4.99. The number of carbonyl (C=O) groups is 1. The molecule has 19 heavy (non-hydrogen) atoms. The van der Waals surface area contributed by atoms with Crippen molar-refractivity contribution in [3.8, 4) is 5.75 Å². The van der Waals surface area contributed by atoms with Crippen LogP contribution in [0.2, 0.25) is 0 Å². The lowest BCUT2D eigenvalue weighted by Gasteiger charge is -2.26. The van der Waals surface area contributed by atoms with Crippen LogP contribution in [-0.4, -0.2) is 18.2 Å². The molecule has 0 spiro atoms. The van der Waals surface area contributed by atoms with E-state index in [1.54, 1.807) is 7.11 Å². The fourth-order valence-corrected chi connectivity index (χ4v) is 3.89. The van der Waals surface area contributed by atoms with Crippen LogP contribution in [0.5, 0.6) is 5.75 Å². The van der Waals surface area contributed by atoms with Crippen molar-refractivity contribution in [3.05, 3.63) is 27.2 Å². The first-order chi connectivity index (χ1) is 9.10. The number of aryl methyl sites for hydroxylation is 1. The number of rotatable bonds is 3. The fourth-order valence-electron chi connectivity index (χ4n) is 3.25. The van der Waals surface area contributed by atoms with Crippen molar-refractivity contribution in [2.75, 3.05) is 7.11 Å². The number of carboxylic acid groups (broad SMARTS) is 1. The number of hydrogen-bond acceptors (Lipinski definition) is 2. The van der Waals surface area contributed by atoms with Crippen LogP contribution in [0.25, 0.3) is 0 Å². The second-order valence-corrected chi connectivity index (χ2v) is 6.35. The molecule has 0 amide bonds. The van der Waals surface area contributed by atoms with Gasteiger partial charge in [-0.1, -0.05) is 0 Å². The minimum absolute atomic E-state index is 0.698. The summed E-state index contributed by atoms with van der Waals surface area (Å²) in [7, 11) is 1.62. The van der Waals surface area contributed by atoms with E-state index in [1.165, 1.54) is 17.5 Å². The molecule has 102 valence electrons. The summed E-state index contributed by atoms with van der Waals surface area (Å²) in [5.41, 5.74) is 2.76. The Kier molecular flexibility index (Phi) is 3.08. The highest BCUT2D eigenvalue weighted by atomic mass is 79.9. The van der Waals surface area contributed by atoms with Gasteiger partial charge in [0.05, 0.1) is 17.0 Å². The number of halogens is 1. The predicted molar refractivity (Wildman–Crippen MR) is 75.9 cm³/mol. The van der Waals surface area contributed by atoms with E-state index < -0.39 is 11.4 Å². The van der Waals surface area contributed by atoms with Gasteiger partial charge in [0.1, 0.15) is 5.75 Å². The zero-order valence-electron chi connectivity index (χ0n) is 11.0. The third kappa shape index (κ3) is 1.88. The Morgan fingerprint density at radius 1 is 1.37 bits per heavy atom. The Labute approximate surface area is 121 Å². The molecule has 1 fully saturated rings. The van der Waals surface area contributed by atoms with Gasteiger partial charge in [-0.05, 0) is 71.6 Å². The van der Waals surface area contributed by atoms with E-state index >= 15 is 0 Å². The van der Waals surface area contributed by atoms with Crippen LogP contribution >= 0.6 is 15.9 Å². The van der Waals surface area contributed by atoms with Crippen molar-refractivity contribution >= 4 is 21.9 Å². The summed E-state index contributed by atoms with van der Waals surface area (Å²) < 4.78 is 6.40. The molecule has 1 saturated carbocycles. The fraction of sp³-hybridized carbons (Fsp3) is 0.533. The second-order valence-electron chi connectivity index (χ2n) is 5.50.